The van der Waals surface area contributed by atoms with Crippen LogP contribution in [0, 0.1) is 0 Å². The van der Waals surface area contributed by atoms with Gasteiger partial charge in [-0.3, -0.25) is 4.98 Å². The van der Waals surface area contributed by atoms with Crippen molar-refractivity contribution in [1.29, 1.82) is 0 Å². The molecule has 50 heavy (non-hydrogen) atoms. The summed E-state index contributed by atoms with van der Waals surface area (Å²) in [6.45, 7) is 4.69. The van der Waals surface area contributed by atoms with E-state index in [0.717, 1.165) is 39.5 Å². The Balaban J connectivity index is 1.20. The number of fused-ring (bicyclic) bond motifs is 5. The molecular weight excluding hydrogens is 609 g/mol. The van der Waals surface area contributed by atoms with Crippen molar-refractivity contribution in [2.24, 2.45) is 0 Å². The van der Waals surface area contributed by atoms with Crippen molar-refractivity contribution in [1.82, 2.24) is 19.5 Å². The summed E-state index contributed by atoms with van der Waals surface area (Å²) in [5.41, 5.74) is 13.0. The van der Waals surface area contributed by atoms with E-state index < -0.39 is 0 Å². The van der Waals surface area contributed by atoms with Crippen LogP contribution in [0.1, 0.15) is 25.0 Å². The van der Waals surface area contributed by atoms with Crippen LogP contribution in [0.2, 0.25) is 0 Å². The van der Waals surface area contributed by atoms with Crippen molar-refractivity contribution >= 4 is 32.6 Å². The predicted octanol–water partition coefficient (Wildman–Crippen LogP) is 11.4. The Hall–Kier alpha value is -6.39. The topological polar surface area (TPSA) is 43.6 Å². The average Bonchev–Trinajstić information content (AvgIpc) is 3.50. The predicted molar refractivity (Wildman–Crippen MR) is 206 cm³/mol. The fraction of sp³-hybridized carbons (Fsp3) is 0.0652. The summed E-state index contributed by atoms with van der Waals surface area (Å²) in [7, 11) is 0. The molecule has 0 saturated carbocycles. The standard InChI is InChI=1S/C46H32N4/c1-46(2)37-21-12-17-30-23-24-47-44(43(30)37)36-26-35-34-20-9-10-22-41(34)50(42(35)27-38(36)46)33-19-11-18-32(25-33)40-28-39(29-13-5-3-6-14-29)48-45(49-40)31-15-7-4-8-16-31/h3-28H,1-2H3. The molecule has 1 aliphatic rings. The third kappa shape index (κ3) is 4.28. The van der Waals surface area contributed by atoms with E-state index in [-0.39, 0.29) is 5.41 Å². The summed E-state index contributed by atoms with van der Waals surface area (Å²) in [5, 5.41) is 4.94. The summed E-state index contributed by atoms with van der Waals surface area (Å²) >= 11 is 0. The van der Waals surface area contributed by atoms with Crippen LogP contribution >= 0.6 is 0 Å². The first kappa shape index (κ1) is 28.6. The number of benzene rings is 6. The molecule has 0 spiro atoms. The van der Waals surface area contributed by atoms with Gasteiger partial charge in [0, 0.05) is 55.7 Å². The Morgan fingerprint density at radius 2 is 1.22 bits per heavy atom. The van der Waals surface area contributed by atoms with E-state index in [9.17, 15) is 0 Å². The minimum atomic E-state index is -0.204. The second-order valence-corrected chi connectivity index (χ2v) is 13.7. The summed E-state index contributed by atoms with van der Waals surface area (Å²) in [5.74, 6) is 0.710. The average molecular weight is 641 g/mol. The molecule has 4 heteroatoms. The van der Waals surface area contributed by atoms with E-state index >= 15 is 0 Å². The number of hydrogen-bond acceptors (Lipinski definition) is 3. The highest BCUT2D eigenvalue weighted by atomic mass is 15.0. The van der Waals surface area contributed by atoms with E-state index in [1.54, 1.807) is 0 Å². The van der Waals surface area contributed by atoms with Gasteiger partial charge in [-0.25, -0.2) is 9.97 Å². The molecule has 0 bridgehead atoms. The fourth-order valence-corrected chi connectivity index (χ4v) is 7.98. The fourth-order valence-electron chi connectivity index (χ4n) is 7.98. The maximum Gasteiger partial charge on any atom is 0.160 e. The minimum Gasteiger partial charge on any atom is -0.309 e. The first-order valence-electron chi connectivity index (χ1n) is 17.1. The molecule has 0 N–H and O–H groups in total. The van der Waals surface area contributed by atoms with E-state index in [1.165, 1.54) is 49.3 Å². The summed E-state index contributed by atoms with van der Waals surface area (Å²) < 4.78 is 2.41. The van der Waals surface area contributed by atoms with E-state index in [2.05, 4.69) is 146 Å². The highest BCUT2D eigenvalue weighted by Crippen LogP contribution is 2.50. The van der Waals surface area contributed by atoms with Crippen LogP contribution in [-0.4, -0.2) is 19.5 Å². The first-order chi connectivity index (χ1) is 24.5. The zero-order valence-corrected chi connectivity index (χ0v) is 27.8. The molecule has 10 rings (SSSR count). The minimum absolute atomic E-state index is 0.204. The highest BCUT2D eigenvalue weighted by Gasteiger charge is 2.35. The molecule has 0 saturated heterocycles. The number of rotatable bonds is 4. The van der Waals surface area contributed by atoms with Crippen molar-refractivity contribution < 1.29 is 0 Å². The van der Waals surface area contributed by atoms with Gasteiger partial charge in [-0.1, -0.05) is 123 Å². The molecule has 0 amide bonds. The molecule has 0 radical (unpaired) electrons. The van der Waals surface area contributed by atoms with Crippen molar-refractivity contribution in [3.05, 3.63) is 169 Å². The molecule has 1 aliphatic carbocycles. The normalized spacial score (nSPS) is 13.2. The summed E-state index contributed by atoms with van der Waals surface area (Å²) in [6, 6.07) is 53.7. The molecular formula is C46H32N4. The molecule has 6 aromatic carbocycles. The molecule has 3 heterocycles. The Bertz CT molecular complexity index is 2710. The van der Waals surface area contributed by atoms with E-state index in [0.29, 0.717) is 5.82 Å². The van der Waals surface area contributed by atoms with Crippen LogP contribution in [0.5, 0.6) is 0 Å². The zero-order valence-electron chi connectivity index (χ0n) is 27.8. The van der Waals surface area contributed by atoms with Gasteiger partial charge in [0.15, 0.2) is 5.82 Å². The molecule has 0 unspecified atom stereocenters. The lowest BCUT2D eigenvalue weighted by atomic mass is 9.69. The molecule has 9 aromatic rings. The summed E-state index contributed by atoms with van der Waals surface area (Å²) in [6.07, 6.45) is 1.95. The lowest BCUT2D eigenvalue weighted by Gasteiger charge is -2.34. The Labute approximate surface area is 290 Å². The Morgan fingerprint density at radius 1 is 0.520 bits per heavy atom. The lowest BCUT2D eigenvalue weighted by Crippen LogP contribution is -2.24. The quantitative estimate of drug-likeness (QED) is 0.192. The van der Waals surface area contributed by atoms with Crippen LogP contribution in [-0.2, 0) is 5.41 Å². The van der Waals surface area contributed by atoms with Crippen molar-refractivity contribution in [2.45, 2.75) is 19.3 Å². The van der Waals surface area contributed by atoms with Gasteiger partial charge in [0.25, 0.3) is 0 Å². The SMILES string of the molecule is CC1(C)c2cc3c(cc2-c2nccc4cccc1c24)c1ccccc1n3-c1cccc(-c2cc(-c3ccccc3)nc(-c3ccccc3)n2)c1. The first-order valence-corrected chi connectivity index (χ1v) is 17.1. The smallest absolute Gasteiger partial charge is 0.160 e. The molecule has 0 atom stereocenters. The highest BCUT2D eigenvalue weighted by molar-refractivity contribution is 6.13. The van der Waals surface area contributed by atoms with Gasteiger partial charge in [0.05, 0.1) is 28.1 Å². The number of para-hydroxylation sites is 1. The summed E-state index contributed by atoms with van der Waals surface area (Å²) in [4.78, 5) is 15.1. The third-order valence-corrected chi connectivity index (χ3v) is 10.4. The molecule has 0 fully saturated rings. The van der Waals surface area contributed by atoms with Gasteiger partial charge in [-0.05, 0) is 59.0 Å². The van der Waals surface area contributed by atoms with Crippen LogP contribution < -0.4 is 0 Å². The maximum atomic E-state index is 5.14. The van der Waals surface area contributed by atoms with Crippen LogP contribution in [0.25, 0.3) is 83.4 Å². The van der Waals surface area contributed by atoms with Crippen molar-refractivity contribution in [3.8, 4) is 50.8 Å². The van der Waals surface area contributed by atoms with Crippen LogP contribution in [0.3, 0.4) is 0 Å². The number of hydrogen-bond donors (Lipinski definition) is 0. The molecule has 236 valence electrons. The van der Waals surface area contributed by atoms with Crippen molar-refractivity contribution in [3.63, 3.8) is 0 Å². The van der Waals surface area contributed by atoms with E-state index in [4.69, 9.17) is 15.0 Å². The van der Waals surface area contributed by atoms with Gasteiger partial charge in [0.2, 0.25) is 0 Å². The number of pyridine rings is 1. The molecule has 4 nitrogen and oxygen atoms in total. The zero-order chi connectivity index (χ0) is 33.4. The maximum absolute atomic E-state index is 5.14. The second kappa shape index (κ2) is 10.8. The number of nitrogens with zero attached hydrogens (tertiary/aromatic N) is 4. The van der Waals surface area contributed by atoms with Crippen LogP contribution in [0.15, 0.2) is 158 Å². The monoisotopic (exact) mass is 640 g/mol. The number of aromatic nitrogens is 4. The Morgan fingerprint density at radius 3 is 2.04 bits per heavy atom. The van der Waals surface area contributed by atoms with Gasteiger partial charge >= 0.3 is 0 Å². The third-order valence-electron chi connectivity index (χ3n) is 10.4. The Kier molecular flexibility index (Phi) is 6.19. The van der Waals surface area contributed by atoms with Gasteiger partial charge in [-0.15, -0.1) is 0 Å². The largest absolute Gasteiger partial charge is 0.309 e. The van der Waals surface area contributed by atoms with Crippen LogP contribution in [0.4, 0.5) is 0 Å². The van der Waals surface area contributed by atoms with Gasteiger partial charge in [0.1, 0.15) is 0 Å². The van der Waals surface area contributed by atoms with Gasteiger partial charge in [-0.2, -0.15) is 0 Å². The van der Waals surface area contributed by atoms with Gasteiger partial charge < -0.3 is 4.57 Å². The lowest BCUT2D eigenvalue weighted by molar-refractivity contribution is 0.645. The van der Waals surface area contributed by atoms with E-state index in [1.807, 2.05) is 30.5 Å². The molecule has 0 aliphatic heterocycles. The molecule has 3 aromatic heterocycles. The second-order valence-electron chi connectivity index (χ2n) is 13.7. The van der Waals surface area contributed by atoms with Crippen molar-refractivity contribution in [2.75, 3.05) is 0 Å².